The number of anilines is 1. The number of nitrogens with one attached hydrogen (secondary N) is 1. The van der Waals surface area contributed by atoms with Crippen LogP contribution in [-0.4, -0.2) is 24.1 Å². The lowest BCUT2D eigenvalue weighted by Crippen LogP contribution is -2.07. The van der Waals surface area contributed by atoms with Crippen LogP contribution in [0.15, 0.2) is 18.2 Å². The first-order valence-electron chi connectivity index (χ1n) is 6.14. The summed E-state index contributed by atoms with van der Waals surface area (Å²) in [5.74, 6) is -0.152. The molecule has 0 bridgehead atoms. The molecule has 0 saturated carbocycles. The molecule has 0 atom stereocenters. The number of carbonyl (C=O) groups excluding carboxylic acids is 1. The summed E-state index contributed by atoms with van der Waals surface area (Å²) in [7, 11) is 0. The molecule has 0 amide bonds. The minimum absolute atomic E-state index is 0.152. The highest BCUT2D eigenvalue weighted by atomic mass is 35.5. The largest absolute Gasteiger partial charge is 0.466 e. The van der Waals surface area contributed by atoms with E-state index in [0.29, 0.717) is 24.6 Å². The molecule has 1 aromatic heterocycles. The van der Waals surface area contributed by atoms with Crippen molar-refractivity contribution in [2.24, 2.45) is 0 Å². The Bertz CT molecular complexity index is 571. The molecule has 0 unspecified atom stereocenters. The van der Waals surface area contributed by atoms with E-state index in [1.165, 1.54) is 0 Å². The Balaban J connectivity index is 1.83. The van der Waals surface area contributed by atoms with Crippen molar-refractivity contribution < 1.29 is 9.53 Å². The summed E-state index contributed by atoms with van der Waals surface area (Å²) < 4.78 is 5.96. The first-order chi connectivity index (χ1) is 9.19. The van der Waals surface area contributed by atoms with Gasteiger partial charge < -0.3 is 10.1 Å². The van der Waals surface area contributed by atoms with E-state index in [0.717, 1.165) is 21.8 Å². The van der Waals surface area contributed by atoms with E-state index in [2.05, 4.69) is 10.3 Å². The Kier molecular flexibility index (Phi) is 4.99. The molecule has 1 N–H and O–H groups in total. The Labute approximate surface area is 120 Å². The van der Waals surface area contributed by atoms with Crippen LogP contribution in [-0.2, 0) is 9.53 Å². The number of hydrogen-bond donors (Lipinski definition) is 1. The van der Waals surface area contributed by atoms with E-state index < -0.39 is 0 Å². The number of thiazole rings is 1. The van der Waals surface area contributed by atoms with Crippen LogP contribution in [0.4, 0.5) is 5.13 Å². The molecule has 0 aliphatic carbocycles. The third-order valence-electron chi connectivity index (χ3n) is 2.49. The van der Waals surface area contributed by atoms with Gasteiger partial charge in [-0.15, -0.1) is 0 Å². The van der Waals surface area contributed by atoms with Gasteiger partial charge in [0.05, 0.1) is 16.8 Å². The van der Waals surface area contributed by atoms with E-state index in [1.54, 1.807) is 11.3 Å². The van der Waals surface area contributed by atoms with Crippen molar-refractivity contribution in [2.45, 2.75) is 19.8 Å². The minimum atomic E-state index is -0.152. The molecule has 0 aliphatic rings. The van der Waals surface area contributed by atoms with Gasteiger partial charge in [-0.1, -0.05) is 22.9 Å². The van der Waals surface area contributed by atoms with Gasteiger partial charge in [0.15, 0.2) is 5.13 Å². The zero-order valence-corrected chi connectivity index (χ0v) is 12.2. The van der Waals surface area contributed by atoms with Crippen LogP contribution in [0.25, 0.3) is 10.2 Å². The maximum atomic E-state index is 11.2. The number of ether oxygens (including phenoxy) is 1. The van der Waals surface area contributed by atoms with E-state index in [4.69, 9.17) is 16.3 Å². The van der Waals surface area contributed by atoms with E-state index in [-0.39, 0.29) is 5.97 Å². The van der Waals surface area contributed by atoms with Crippen molar-refractivity contribution in [3.8, 4) is 0 Å². The quantitative estimate of drug-likeness (QED) is 0.652. The Morgan fingerprint density at radius 1 is 1.53 bits per heavy atom. The third-order valence-corrected chi connectivity index (χ3v) is 3.72. The topological polar surface area (TPSA) is 51.2 Å². The van der Waals surface area contributed by atoms with E-state index in [1.807, 2.05) is 25.1 Å². The van der Waals surface area contributed by atoms with Crippen molar-refractivity contribution >= 4 is 44.3 Å². The highest BCUT2D eigenvalue weighted by Gasteiger charge is 2.05. The SMILES string of the molecule is CCOC(=O)CCCNc1nc2cc(Cl)ccc2s1. The molecule has 19 heavy (non-hydrogen) atoms. The smallest absolute Gasteiger partial charge is 0.305 e. The number of halogens is 1. The Morgan fingerprint density at radius 2 is 2.37 bits per heavy atom. The lowest BCUT2D eigenvalue weighted by molar-refractivity contribution is -0.143. The predicted octanol–water partition coefficient (Wildman–Crippen LogP) is 3.70. The predicted molar refractivity (Wildman–Crippen MR) is 79.0 cm³/mol. The second-order valence-corrected chi connectivity index (χ2v) is 5.43. The number of rotatable bonds is 6. The molecular formula is C13H15ClN2O2S. The van der Waals surface area contributed by atoms with Gasteiger partial charge >= 0.3 is 5.97 Å². The molecular weight excluding hydrogens is 284 g/mol. The second-order valence-electron chi connectivity index (χ2n) is 3.97. The van der Waals surface area contributed by atoms with Crippen molar-refractivity contribution in [1.82, 2.24) is 4.98 Å². The minimum Gasteiger partial charge on any atom is -0.466 e. The van der Waals surface area contributed by atoms with Gasteiger partial charge in [-0.2, -0.15) is 0 Å². The highest BCUT2D eigenvalue weighted by molar-refractivity contribution is 7.22. The molecule has 4 nitrogen and oxygen atoms in total. The summed E-state index contributed by atoms with van der Waals surface area (Å²) in [5, 5.41) is 4.74. The number of nitrogens with zero attached hydrogens (tertiary/aromatic N) is 1. The molecule has 102 valence electrons. The van der Waals surface area contributed by atoms with Crippen LogP contribution in [0.2, 0.25) is 5.02 Å². The molecule has 0 fully saturated rings. The summed E-state index contributed by atoms with van der Waals surface area (Å²) in [4.78, 5) is 15.6. The van der Waals surface area contributed by atoms with E-state index in [9.17, 15) is 4.79 Å². The fraction of sp³-hybridized carbons (Fsp3) is 0.385. The van der Waals surface area contributed by atoms with Gasteiger partial charge in [-0.3, -0.25) is 4.79 Å². The summed E-state index contributed by atoms with van der Waals surface area (Å²) in [6, 6.07) is 5.66. The van der Waals surface area contributed by atoms with Crippen LogP contribution in [0.3, 0.4) is 0 Å². The Morgan fingerprint density at radius 3 is 3.16 bits per heavy atom. The number of carbonyl (C=O) groups is 1. The summed E-state index contributed by atoms with van der Waals surface area (Å²) >= 11 is 7.49. The van der Waals surface area contributed by atoms with Gasteiger partial charge in [0.25, 0.3) is 0 Å². The maximum absolute atomic E-state index is 11.2. The molecule has 2 aromatic rings. The fourth-order valence-electron chi connectivity index (χ4n) is 1.64. The Hall–Kier alpha value is -1.33. The lowest BCUT2D eigenvalue weighted by atomic mass is 10.3. The first-order valence-corrected chi connectivity index (χ1v) is 7.34. The van der Waals surface area contributed by atoms with Crippen molar-refractivity contribution in [2.75, 3.05) is 18.5 Å². The van der Waals surface area contributed by atoms with Crippen LogP contribution in [0, 0.1) is 0 Å². The van der Waals surface area contributed by atoms with Crippen molar-refractivity contribution in [3.05, 3.63) is 23.2 Å². The standard InChI is InChI=1S/C13H15ClN2O2S/c1-2-18-12(17)4-3-7-15-13-16-10-8-9(14)5-6-11(10)19-13/h5-6,8H,2-4,7H2,1H3,(H,15,16). The molecule has 0 radical (unpaired) electrons. The van der Waals surface area contributed by atoms with Crippen LogP contribution in [0.5, 0.6) is 0 Å². The highest BCUT2D eigenvalue weighted by Crippen LogP contribution is 2.27. The normalized spacial score (nSPS) is 10.6. The maximum Gasteiger partial charge on any atom is 0.305 e. The number of hydrogen-bond acceptors (Lipinski definition) is 5. The van der Waals surface area contributed by atoms with Crippen molar-refractivity contribution in [1.29, 1.82) is 0 Å². The number of esters is 1. The van der Waals surface area contributed by atoms with Crippen molar-refractivity contribution in [3.63, 3.8) is 0 Å². The van der Waals surface area contributed by atoms with Gasteiger partial charge in [0, 0.05) is 18.0 Å². The zero-order chi connectivity index (χ0) is 13.7. The van der Waals surface area contributed by atoms with Gasteiger partial charge in [0.2, 0.25) is 0 Å². The second kappa shape index (κ2) is 6.73. The molecule has 6 heteroatoms. The molecule has 0 spiro atoms. The molecule has 0 saturated heterocycles. The van der Waals surface area contributed by atoms with Crippen LogP contribution < -0.4 is 5.32 Å². The molecule has 2 rings (SSSR count). The number of aromatic nitrogens is 1. The molecule has 0 aliphatic heterocycles. The van der Waals surface area contributed by atoms with Gasteiger partial charge in [-0.25, -0.2) is 4.98 Å². The average Bonchev–Trinajstić information content (AvgIpc) is 2.77. The molecule has 1 aromatic carbocycles. The number of fused-ring (bicyclic) bond motifs is 1. The summed E-state index contributed by atoms with van der Waals surface area (Å²) in [6.45, 7) is 2.94. The van der Waals surface area contributed by atoms with E-state index >= 15 is 0 Å². The monoisotopic (exact) mass is 298 g/mol. The third kappa shape index (κ3) is 4.08. The lowest BCUT2D eigenvalue weighted by Gasteiger charge is -2.02. The van der Waals surface area contributed by atoms with Crippen LogP contribution in [0.1, 0.15) is 19.8 Å². The van der Waals surface area contributed by atoms with Gasteiger partial charge in [-0.05, 0) is 31.5 Å². The molecule has 1 heterocycles. The number of benzene rings is 1. The zero-order valence-electron chi connectivity index (χ0n) is 10.6. The summed E-state index contributed by atoms with van der Waals surface area (Å²) in [5.41, 5.74) is 0.894. The summed E-state index contributed by atoms with van der Waals surface area (Å²) in [6.07, 6.45) is 1.16. The van der Waals surface area contributed by atoms with Gasteiger partial charge in [0.1, 0.15) is 0 Å². The average molecular weight is 299 g/mol. The fourth-order valence-corrected chi connectivity index (χ4v) is 2.68. The first kappa shape index (κ1) is 14.1. The van der Waals surface area contributed by atoms with Crippen LogP contribution >= 0.6 is 22.9 Å².